The normalized spacial score (nSPS) is 20.0. The SMILES string of the molecule is COc1ccccc1N1CCN([C@@H]2CCCN(C(=O)CCc3cccc(F)c3)C2)CC1. The van der Waals surface area contributed by atoms with Crippen LogP contribution in [0.15, 0.2) is 48.5 Å². The third-order valence-electron chi connectivity index (χ3n) is 6.52. The van der Waals surface area contributed by atoms with Gasteiger partial charge in [0.25, 0.3) is 0 Å². The van der Waals surface area contributed by atoms with Gasteiger partial charge < -0.3 is 14.5 Å². The van der Waals surface area contributed by atoms with Gasteiger partial charge in [0, 0.05) is 51.7 Å². The molecule has 2 aliphatic heterocycles. The van der Waals surface area contributed by atoms with Gasteiger partial charge in [-0.1, -0.05) is 24.3 Å². The lowest BCUT2D eigenvalue weighted by molar-refractivity contribution is -0.133. The van der Waals surface area contributed by atoms with E-state index in [1.807, 2.05) is 23.1 Å². The summed E-state index contributed by atoms with van der Waals surface area (Å²) in [5.41, 5.74) is 2.04. The van der Waals surface area contributed by atoms with Crippen molar-refractivity contribution in [1.29, 1.82) is 0 Å². The van der Waals surface area contributed by atoms with Crippen molar-refractivity contribution in [1.82, 2.24) is 9.80 Å². The molecule has 0 aliphatic carbocycles. The first-order valence-corrected chi connectivity index (χ1v) is 11.3. The van der Waals surface area contributed by atoms with Crippen LogP contribution in [0.5, 0.6) is 5.75 Å². The largest absolute Gasteiger partial charge is 0.495 e. The Morgan fingerprint density at radius 1 is 1.06 bits per heavy atom. The summed E-state index contributed by atoms with van der Waals surface area (Å²) in [6.07, 6.45) is 3.22. The maximum absolute atomic E-state index is 13.4. The van der Waals surface area contributed by atoms with Crippen LogP contribution in [0.25, 0.3) is 0 Å². The highest BCUT2D eigenvalue weighted by molar-refractivity contribution is 5.76. The molecule has 1 amide bonds. The molecule has 2 saturated heterocycles. The van der Waals surface area contributed by atoms with Gasteiger partial charge in [0.2, 0.25) is 5.91 Å². The van der Waals surface area contributed by atoms with E-state index >= 15 is 0 Å². The van der Waals surface area contributed by atoms with Crippen molar-refractivity contribution in [3.05, 3.63) is 59.9 Å². The van der Waals surface area contributed by atoms with E-state index in [-0.39, 0.29) is 11.7 Å². The molecule has 0 N–H and O–H groups in total. The molecule has 0 saturated carbocycles. The number of methoxy groups -OCH3 is 1. The first kappa shape index (κ1) is 21.6. The second-order valence-corrected chi connectivity index (χ2v) is 8.46. The number of carbonyl (C=O) groups excluding carboxylic acids is 1. The van der Waals surface area contributed by atoms with Gasteiger partial charge in [-0.05, 0) is 49.1 Å². The second kappa shape index (κ2) is 10.1. The number of aryl methyl sites for hydroxylation is 1. The first-order valence-electron chi connectivity index (χ1n) is 11.3. The standard InChI is InChI=1S/C25H32FN3O2/c1-31-24-10-3-2-9-23(24)28-16-14-27(15-17-28)22-8-5-13-29(19-22)25(30)12-11-20-6-4-7-21(26)18-20/h2-4,6-7,9-10,18,22H,5,8,11-17,19H2,1H3/t22-/m1/s1. The molecule has 0 unspecified atom stereocenters. The van der Waals surface area contributed by atoms with Crippen molar-refractivity contribution in [2.24, 2.45) is 0 Å². The molecule has 2 aromatic rings. The predicted molar refractivity (Wildman–Crippen MR) is 121 cm³/mol. The number of para-hydroxylation sites is 2. The molecular formula is C25H32FN3O2. The molecule has 2 aromatic carbocycles. The lowest BCUT2D eigenvalue weighted by atomic mass is 10.0. The van der Waals surface area contributed by atoms with Crippen molar-refractivity contribution in [2.75, 3.05) is 51.3 Å². The Balaban J connectivity index is 1.28. The molecule has 0 radical (unpaired) electrons. The minimum Gasteiger partial charge on any atom is -0.495 e. The molecule has 2 fully saturated rings. The van der Waals surface area contributed by atoms with E-state index in [1.54, 1.807) is 13.2 Å². The summed E-state index contributed by atoms with van der Waals surface area (Å²) in [7, 11) is 1.72. The molecular weight excluding hydrogens is 393 g/mol. The van der Waals surface area contributed by atoms with E-state index in [9.17, 15) is 9.18 Å². The zero-order chi connectivity index (χ0) is 21.6. The Morgan fingerprint density at radius 3 is 2.65 bits per heavy atom. The zero-order valence-corrected chi connectivity index (χ0v) is 18.3. The summed E-state index contributed by atoms with van der Waals surface area (Å²) in [6, 6.07) is 15.2. The van der Waals surface area contributed by atoms with Gasteiger partial charge in [0.05, 0.1) is 12.8 Å². The van der Waals surface area contributed by atoms with E-state index < -0.39 is 0 Å². The van der Waals surface area contributed by atoms with Crippen molar-refractivity contribution in [3.8, 4) is 5.75 Å². The fourth-order valence-electron chi connectivity index (χ4n) is 4.80. The van der Waals surface area contributed by atoms with E-state index in [1.165, 1.54) is 12.1 Å². The van der Waals surface area contributed by atoms with E-state index in [4.69, 9.17) is 4.74 Å². The smallest absolute Gasteiger partial charge is 0.222 e. The summed E-state index contributed by atoms with van der Waals surface area (Å²) in [4.78, 5) is 19.7. The van der Waals surface area contributed by atoms with Gasteiger partial charge in [-0.25, -0.2) is 4.39 Å². The monoisotopic (exact) mass is 425 g/mol. The Hall–Kier alpha value is -2.60. The van der Waals surface area contributed by atoms with E-state index in [0.29, 0.717) is 18.9 Å². The maximum Gasteiger partial charge on any atom is 0.222 e. The van der Waals surface area contributed by atoms with Gasteiger partial charge in [-0.2, -0.15) is 0 Å². The molecule has 2 heterocycles. The number of halogens is 1. The highest BCUT2D eigenvalue weighted by Gasteiger charge is 2.30. The molecule has 5 nitrogen and oxygen atoms in total. The van der Waals surface area contributed by atoms with Crippen molar-refractivity contribution < 1.29 is 13.9 Å². The predicted octanol–water partition coefficient (Wildman–Crippen LogP) is 3.58. The number of benzene rings is 2. The van der Waals surface area contributed by atoms with Crippen LogP contribution >= 0.6 is 0 Å². The summed E-state index contributed by atoms with van der Waals surface area (Å²) in [6.45, 7) is 5.55. The highest BCUT2D eigenvalue weighted by atomic mass is 19.1. The third-order valence-corrected chi connectivity index (χ3v) is 6.52. The molecule has 1 atom stereocenters. The fourth-order valence-corrected chi connectivity index (χ4v) is 4.80. The maximum atomic E-state index is 13.4. The number of rotatable bonds is 6. The number of anilines is 1. The van der Waals surface area contributed by atoms with Crippen LogP contribution in [-0.4, -0.2) is 68.1 Å². The zero-order valence-electron chi connectivity index (χ0n) is 18.3. The van der Waals surface area contributed by atoms with Gasteiger partial charge in [0.1, 0.15) is 11.6 Å². The number of carbonyl (C=O) groups is 1. The van der Waals surface area contributed by atoms with Crippen LogP contribution in [0.3, 0.4) is 0 Å². The van der Waals surface area contributed by atoms with Crippen LogP contribution in [0.2, 0.25) is 0 Å². The van der Waals surface area contributed by atoms with Gasteiger partial charge >= 0.3 is 0 Å². The number of amides is 1. The van der Waals surface area contributed by atoms with Crippen molar-refractivity contribution in [2.45, 2.75) is 31.7 Å². The Kier molecular flexibility index (Phi) is 7.07. The van der Waals surface area contributed by atoms with Crippen molar-refractivity contribution >= 4 is 11.6 Å². The van der Waals surface area contributed by atoms with Crippen LogP contribution in [-0.2, 0) is 11.2 Å². The molecule has 4 rings (SSSR count). The summed E-state index contributed by atoms with van der Waals surface area (Å²) in [5.74, 6) is 0.862. The second-order valence-electron chi connectivity index (χ2n) is 8.46. The molecule has 6 heteroatoms. The molecule has 166 valence electrons. The minimum absolute atomic E-state index is 0.182. The number of likely N-dealkylation sites (tertiary alicyclic amines) is 1. The third kappa shape index (κ3) is 5.37. The average Bonchev–Trinajstić information content (AvgIpc) is 2.83. The minimum atomic E-state index is -0.241. The average molecular weight is 426 g/mol. The van der Waals surface area contributed by atoms with E-state index in [2.05, 4.69) is 21.9 Å². The summed E-state index contributed by atoms with van der Waals surface area (Å²) < 4.78 is 18.9. The molecule has 0 aromatic heterocycles. The Bertz CT molecular complexity index is 883. The number of ether oxygens (including phenoxy) is 1. The Morgan fingerprint density at radius 2 is 1.87 bits per heavy atom. The van der Waals surface area contributed by atoms with Crippen molar-refractivity contribution in [3.63, 3.8) is 0 Å². The van der Waals surface area contributed by atoms with Crippen LogP contribution < -0.4 is 9.64 Å². The first-order chi connectivity index (χ1) is 15.1. The number of piperazine rings is 1. The molecule has 2 aliphatic rings. The van der Waals surface area contributed by atoms with Crippen LogP contribution in [0, 0.1) is 5.82 Å². The van der Waals surface area contributed by atoms with Crippen LogP contribution in [0.4, 0.5) is 10.1 Å². The fraction of sp³-hybridized carbons (Fsp3) is 0.480. The molecule has 0 bridgehead atoms. The highest BCUT2D eigenvalue weighted by Crippen LogP contribution is 2.29. The van der Waals surface area contributed by atoms with Crippen LogP contribution in [0.1, 0.15) is 24.8 Å². The lowest BCUT2D eigenvalue weighted by Gasteiger charge is -2.44. The summed E-state index contributed by atoms with van der Waals surface area (Å²) in [5, 5.41) is 0. The number of nitrogens with zero attached hydrogens (tertiary/aromatic N) is 3. The lowest BCUT2D eigenvalue weighted by Crippen LogP contribution is -2.56. The number of hydrogen-bond acceptors (Lipinski definition) is 4. The number of hydrogen-bond donors (Lipinski definition) is 0. The van der Waals surface area contributed by atoms with Gasteiger partial charge in [-0.15, -0.1) is 0 Å². The Labute approximate surface area is 184 Å². The van der Waals surface area contributed by atoms with Gasteiger partial charge in [0.15, 0.2) is 0 Å². The number of piperidine rings is 1. The van der Waals surface area contributed by atoms with Gasteiger partial charge in [-0.3, -0.25) is 9.69 Å². The quantitative estimate of drug-likeness (QED) is 0.709. The summed E-state index contributed by atoms with van der Waals surface area (Å²) >= 11 is 0. The molecule has 31 heavy (non-hydrogen) atoms. The topological polar surface area (TPSA) is 36.0 Å². The molecule has 0 spiro atoms. The van der Waals surface area contributed by atoms with E-state index in [0.717, 1.165) is 69.1 Å².